The number of rotatable bonds is 5. The molecule has 1 amide bonds. The van der Waals surface area contributed by atoms with Gasteiger partial charge in [0.25, 0.3) is 11.5 Å². The van der Waals surface area contributed by atoms with Crippen molar-refractivity contribution in [1.29, 1.82) is 0 Å². The number of amides is 1. The van der Waals surface area contributed by atoms with Crippen LogP contribution in [0.4, 0.5) is 15.5 Å². The maximum Gasteiger partial charge on any atom is 0.420 e. The van der Waals surface area contributed by atoms with Gasteiger partial charge in [-0.2, -0.15) is 4.98 Å². The second-order valence-electron chi connectivity index (χ2n) is 8.68. The molecule has 0 bridgehead atoms. The number of nitrogens with two attached hydrogens (primary N) is 2. The van der Waals surface area contributed by atoms with Crippen molar-refractivity contribution in [2.75, 3.05) is 12.3 Å². The molecule has 3 rings (SSSR count). The Labute approximate surface area is 200 Å². The normalized spacial score (nSPS) is 12.3. The van der Waals surface area contributed by atoms with Gasteiger partial charge in [0, 0.05) is 0 Å². The summed E-state index contributed by atoms with van der Waals surface area (Å²) in [6.45, 7) is 5.77. The highest BCUT2D eigenvalue weighted by Crippen LogP contribution is 2.13. The number of benzene rings is 1. The van der Waals surface area contributed by atoms with Gasteiger partial charge in [-0.15, -0.1) is 0 Å². The highest BCUT2D eigenvalue weighted by atomic mass is 16.6. The topological polar surface area (TPSA) is 178 Å². The molecule has 1 unspecified atom stereocenters. The van der Waals surface area contributed by atoms with Gasteiger partial charge in [0.2, 0.25) is 5.95 Å². The summed E-state index contributed by atoms with van der Waals surface area (Å²) < 4.78 is 11.9. The van der Waals surface area contributed by atoms with Crippen molar-refractivity contribution in [2.24, 2.45) is 5.73 Å². The Bertz CT molecular complexity index is 1310. The number of anilines is 1. The molecule has 0 spiro atoms. The zero-order valence-corrected chi connectivity index (χ0v) is 19.8. The molecular formula is C22H27N7O6. The summed E-state index contributed by atoms with van der Waals surface area (Å²) in [5.41, 5.74) is 10.2. The lowest BCUT2D eigenvalue weighted by Crippen LogP contribution is -2.50. The molecule has 4 N–H and O–H groups in total. The van der Waals surface area contributed by atoms with E-state index in [0.717, 1.165) is 21.4 Å². The van der Waals surface area contributed by atoms with Crippen molar-refractivity contribution in [3.63, 3.8) is 0 Å². The van der Waals surface area contributed by atoms with Crippen LogP contribution in [0, 0.1) is 0 Å². The highest BCUT2D eigenvalue weighted by Gasteiger charge is 2.29. The zero-order valence-electron chi connectivity index (χ0n) is 19.8. The van der Waals surface area contributed by atoms with Crippen molar-refractivity contribution in [1.82, 2.24) is 24.0 Å². The fourth-order valence-corrected chi connectivity index (χ4v) is 3.07. The molecule has 0 saturated heterocycles. The zero-order chi connectivity index (χ0) is 25.9. The number of ether oxygens (including phenoxy) is 2. The van der Waals surface area contributed by atoms with Gasteiger partial charge in [-0.3, -0.25) is 14.5 Å². The summed E-state index contributed by atoms with van der Waals surface area (Å²) in [7, 11) is 0. The molecule has 0 aliphatic heterocycles. The monoisotopic (exact) mass is 485 g/mol. The first-order valence-corrected chi connectivity index (χ1v) is 10.6. The molecule has 2 heterocycles. The molecule has 35 heavy (non-hydrogen) atoms. The maximum atomic E-state index is 13.2. The quantitative estimate of drug-likeness (QED) is 0.504. The molecule has 0 aliphatic carbocycles. The van der Waals surface area contributed by atoms with Crippen LogP contribution < -0.4 is 17.0 Å². The predicted molar refractivity (Wildman–Crippen MR) is 125 cm³/mol. The maximum absolute atomic E-state index is 13.2. The van der Waals surface area contributed by atoms with Gasteiger partial charge in [-0.25, -0.2) is 23.7 Å². The predicted octanol–water partition coefficient (Wildman–Crippen LogP) is 1.54. The molecule has 186 valence electrons. The Morgan fingerprint density at radius 1 is 1.17 bits per heavy atom. The van der Waals surface area contributed by atoms with Crippen molar-refractivity contribution < 1.29 is 23.9 Å². The molecule has 1 atom stereocenters. The van der Waals surface area contributed by atoms with E-state index in [0.29, 0.717) is 4.57 Å². The van der Waals surface area contributed by atoms with Crippen molar-refractivity contribution in [2.45, 2.75) is 46.1 Å². The second-order valence-corrected chi connectivity index (χ2v) is 8.68. The van der Waals surface area contributed by atoms with E-state index < -0.39 is 47.9 Å². The van der Waals surface area contributed by atoms with Gasteiger partial charge in [-0.05, 0) is 33.3 Å². The molecule has 2 aromatic heterocycles. The number of nitrogen functional groups attached to an aromatic ring is 1. The fourth-order valence-electron chi connectivity index (χ4n) is 3.07. The number of hydrogen-bond donors (Lipinski definition) is 2. The van der Waals surface area contributed by atoms with Crippen LogP contribution in [-0.2, 0) is 16.1 Å². The third-order valence-electron chi connectivity index (χ3n) is 4.68. The first-order chi connectivity index (χ1) is 16.4. The third kappa shape index (κ3) is 5.81. The molecule has 0 radical (unpaired) electrons. The van der Waals surface area contributed by atoms with E-state index in [1.807, 2.05) is 6.07 Å². The first-order valence-electron chi connectivity index (χ1n) is 10.6. The minimum Gasteiger partial charge on any atom is -0.444 e. The van der Waals surface area contributed by atoms with Crippen molar-refractivity contribution >= 4 is 35.2 Å². The smallest absolute Gasteiger partial charge is 0.420 e. The molecule has 13 heteroatoms. The Morgan fingerprint density at radius 3 is 2.43 bits per heavy atom. The van der Waals surface area contributed by atoms with Crippen LogP contribution in [0.1, 0.15) is 38.1 Å². The molecule has 3 aromatic rings. The molecule has 13 nitrogen and oxygen atoms in total. The van der Waals surface area contributed by atoms with Crippen LogP contribution in [0.2, 0.25) is 0 Å². The molecular weight excluding hydrogens is 458 g/mol. The SMILES string of the molecule is CC(N)N(CC(=O)n1c(N)nc2ncn(C(=O)OCc3ccccc3)c2c1=O)C(=O)OC(C)(C)C. The Balaban J connectivity index is 1.91. The summed E-state index contributed by atoms with van der Waals surface area (Å²) in [5.74, 6) is -1.38. The molecule has 0 saturated carbocycles. The third-order valence-corrected chi connectivity index (χ3v) is 4.68. The number of carbonyl (C=O) groups excluding carboxylic acids is 3. The first kappa shape index (κ1) is 25.4. The van der Waals surface area contributed by atoms with Crippen LogP contribution >= 0.6 is 0 Å². The standard InChI is InChI=1S/C22H27N7O6/c1-13(23)27(21(33)35-22(2,3)4)10-15(30)29-18(31)16-17(26-19(29)24)25-12-28(16)20(32)34-11-14-8-6-5-7-9-14/h5-9,12-13H,10-11,23H2,1-4H3,(H2,24,26). The number of aromatic nitrogens is 4. The van der Waals surface area contributed by atoms with E-state index in [4.69, 9.17) is 20.9 Å². The van der Waals surface area contributed by atoms with Crippen LogP contribution in [0.3, 0.4) is 0 Å². The number of nitrogens with zero attached hydrogens (tertiary/aromatic N) is 5. The summed E-state index contributed by atoms with van der Waals surface area (Å²) in [6.07, 6.45) is -1.61. The van der Waals surface area contributed by atoms with Gasteiger partial charge in [-0.1, -0.05) is 30.3 Å². The van der Waals surface area contributed by atoms with E-state index in [9.17, 15) is 19.2 Å². The summed E-state index contributed by atoms with van der Waals surface area (Å²) in [6, 6.07) is 8.93. The largest absolute Gasteiger partial charge is 0.444 e. The van der Waals surface area contributed by atoms with E-state index in [-0.39, 0.29) is 17.8 Å². The lowest BCUT2D eigenvalue weighted by atomic mass is 10.2. The molecule has 1 aromatic carbocycles. The van der Waals surface area contributed by atoms with Gasteiger partial charge >= 0.3 is 12.2 Å². The van der Waals surface area contributed by atoms with Crippen molar-refractivity contribution in [3.05, 3.63) is 52.6 Å². The van der Waals surface area contributed by atoms with Crippen LogP contribution in [0.15, 0.2) is 41.5 Å². The van der Waals surface area contributed by atoms with Crippen molar-refractivity contribution in [3.8, 4) is 0 Å². The minimum absolute atomic E-state index is 0.0475. The van der Waals surface area contributed by atoms with Gasteiger partial charge in [0.15, 0.2) is 11.2 Å². The number of fused-ring (bicyclic) bond motifs is 1. The summed E-state index contributed by atoms with van der Waals surface area (Å²) in [4.78, 5) is 60.1. The summed E-state index contributed by atoms with van der Waals surface area (Å²) in [5, 5.41) is 0. The van der Waals surface area contributed by atoms with E-state index in [1.54, 1.807) is 45.0 Å². The Morgan fingerprint density at radius 2 is 1.83 bits per heavy atom. The van der Waals surface area contributed by atoms with E-state index in [1.165, 1.54) is 6.92 Å². The van der Waals surface area contributed by atoms with Crippen LogP contribution in [-0.4, -0.2) is 60.4 Å². The Hall–Kier alpha value is -4.26. The summed E-state index contributed by atoms with van der Waals surface area (Å²) >= 11 is 0. The number of hydrogen-bond acceptors (Lipinski definition) is 10. The molecule has 0 aliphatic rings. The van der Waals surface area contributed by atoms with Gasteiger partial charge in [0.1, 0.15) is 25.1 Å². The Kier molecular flexibility index (Phi) is 7.20. The lowest BCUT2D eigenvalue weighted by Gasteiger charge is -2.29. The number of imidazole rings is 1. The second kappa shape index (κ2) is 9.93. The average molecular weight is 486 g/mol. The lowest BCUT2D eigenvalue weighted by molar-refractivity contribution is 0.0172. The van der Waals surface area contributed by atoms with Gasteiger partial charge < -0.3 is 20.9 Å². The van der Waals surface area contributed by atoms with Crippen LogP contribution in [0.5, 0.6) is 0 Å². The average Bonchev–Trinajstić information content (AvgIpc) is 3.19. The number of carbonyl (C=O) groups is 3. The van der Waals surface area contributed by atoms with E-state index in [2.05, 4.69) is 9.97 Å². The minimum atomic E-state index is -0.958. The van der Waals surface area contributed by atoms with Gasteiger partial charge in [0.05, 0.1) is 6.17 Å². The highest BCUT2D eigenvalue weighted by molar-refractivity contribution is 5.90. The van der Waals surface area contributed by atoms with Crippen LogP contribution in [0.25, 0.3) is 11.2 Å². The van der Waals surface area contributed by atoms with E-state index >= 15 is 0 Å². The molecule has 0 fully saturated rings. The fraction of sp³-hybridized carbons (Fsp3) is 0.364.